The van der Waals surface area contributed by atoms with Crippen molar-refractivity contribution in [2.24, 2.45) is 0 Å². The molecular formula is C13H14ClNO. The molecule has 0 bridgehead atoms. The van der Waals surface area contributed by atoms with Gasteiger partial charge in [0.05, 0.1) is 12.5 Å². The van der Waals surface area contributed by atoms with Crippen LogP contribution in [0.25, 0.3) is 0 Å². The third kappa shape index (κ3) is 2.87. The molecular weight excluding hydrogens is 222 g/mol. The highest BCUT2D eigenvalue weighted by molar-refractivity contribution is 6.31. The normalized spacial score (nSPS) is 10.6. The van der Waals surface area contributed by atoms with Crippen LogP contribution < -0.4 is 5.32 Å². The summed E-state index contributed by atoms with van der Waals surface area (Å²) in [5.41, 5.74) is 3.46. The molecule has 0 saturated carbocycles. The summed E-state index contributed by atoms with van der Waals surface area (Å²) in [6.07, 6.45) is 3.43. The zero-order chi connectivity index (χ0) is 11.4. The number of halogens is 1. The highest BCUT2D eigenvalue weighted by Gasteiger charge is 1.98. The van der Waals surface area contributed by atoms with Gasteiger partial charge < -0.3 is 9.73 Å². The summed E-state index contributed by atoms with van der Waals surface area (Å²) in [6, 6.07) is 8.08. The topological polar surface area (TPSA) is 25.2 Å². The van der Waals surface area contributed by atoms with Crippen LogP contribution in [-0.4, -0.2) is 0 Å². The first-order chi connectivity index (χ1) is 7.75. The van der Waals surface area contributed by atoms with Crippen LogP contribution in [0.1, 0.15) is 16.7 Å². The molecule has 1 aromatic carbocycles. The lowest BCUT2D eigenvalue weighted by atomic mass is 10.1. The highest BCUT2D eigenvalue weighted by Crippen LogP contribution is 2.16. The Morgan fingerprint density at radius 2 is 2.00 bits per heavy atom. The number of rotatable bonds is 4. The molecule has 2 aromatic rings. The minimum Gasteiger partial charge on any atom is -0.472 e. The lowest BCUT2D eigenvalue weighted by molar-refractivity contribution is 0.560. The van der Waals surface area contributed by atoms with Gasteiger partial charge in [0, 0.05) is 23.7 Å². The van der Waals surface area contributed by atoms with Gasteiger partial charge in [-0.25, -0.2) is 0 Å². The SMILES string of the molecule is Cc1ccc(CNCc2ccoc2)cc1Cl. The smallest absolute Gasteiger partial charge is 0.0947 e. The van der Waals surface area contributed by atoms with Gasteiger partial charge in [-0.15, -0.1) is 0 Å². The van der Waals surface area contributed by atoms with Gasteiger partial charge >= 0.3 is 0 Å². The molecule has 2 rings (SSSR count). The summed E-state index contributed by atoms with van der Waals surface area (Å²) < 4.78 is 4.99. The molecule has 0 amide bonds. The van der Waals surface area contributed by atoms with E-state index in [0.29, 0.717) is 0 Å². The fourth-order valence-electron chi connectivity index (χ4n) is 1.49. The predicted octanol–water partition coefficient (Wildman–Crippen LogP) is 3.53. The third-order valence-corrected chi connectivity index (χ3v) is 2.88. The van der Waals surface area contributed by atoms with Crippen LogP contribution in [0.5, 0.6) is 0 Å². The van der Waals surface area contributed by atoms with E-state index in [1.807, 2.05) is 25.1 Å². The van der Waals surface area contributed by atoms with Crippen LogP contribution in [0, 0.1) is 6.92 Å². The van der Waals surface area contributed by atoms with E-state index in [2.05, 4.69) is 11.4 Å². The zero-order valence-corrected chi connectivity index (χ0v) is 9.92. The Morgan fingerprint density at radius 3 is 2.69 bits per heavy atom. The second kappa shape index (κ2) is 5.19. The summed E-state index contributed by atoms with van der Waals surface area (Å²) in [6.45, 7) is 3.62. The molecule has 0 saturated heterocycles. The standard InChI is InChI=1S/C13H14ClNO/c1-10-2-3-11(6-13(10)14)7-15-8-12-4-5-16-9-12/h2-6,9,15H,7-8H2,1H3. The van der Waals surface area contributed by atoms with E-state index in [4.69, 9.17) is 16.0 Å². The van der Waals surface area contributed by atoms with Crippen LogP contribution in [0.15, 0.2) is 41.2 Å². The van der Waals surface area contributed by atoms with Gasteiger partial charge in [-0.2, -0.15) is 0 Å². The molecule has 2 nitrogen and oxygen atoms in total. The quantitative estimate of drug-likeness (QED) is 0.877. The van der Waals surface area contributed by atoms with E-state index in [0.717, 1.165) is 29.2 Å². The van der Waals surface area contributed by atoms with Crippen LogP contribution >= 0.6 is 11.6 Å². The molecule has 0 atom stereocenters. The van der Waals surface area contributed by atoms with E-state index in [9.17, 15) is 0 Å². The van der Waals surface area contributed by atoms with Crippen molar-refractivity contribution in [3.05, 3.63) is 58.5 Å². The first-order valence-electron chi connectivity index (χ1n) is 5.22. The molecule has 3 heteroatoms. The largest absolute Gasteiger partial charge is 0.472 e. The molecule has 0 radical (unpaired) electrons. The molecule has 0 spiro atoms. The molecule has 0 fully saturated rings. The Kier molecular flexibility index (Phi) is 3.65. The second-order valence-electron chi connectivity index (χ2n) is 3.82. The van der Waals surface area contributed by atoms with E-state index >= 15 is 0 Å². The Bertz CT molecular complexity index is 451. The lowest BCUT2D eigenvalue weighted by Gasteiger charge is -2.05. The summed E-state index contributed by atoms with van der Waals surface area (Å²) in [5, 5.41) is 4.15. The molecule has 0 aliphatic rings. The summed E-state index contributed by atoms with van der Waals surface area (Å²) in [4.78, 5) is 0. The van der Waals surface area contributed by atoms with Crippen molar-refractivity contribution in [1.29, 1.82) is 0 Å². The summed E-state index contributed by atoms with van der Waals surface area (Å²) in [5.74, 6) is 0. The fourth-order valence-corrected chi connectivity index (χ4v) is 1.69. The molecule has 1 N–H and O–H groups in total. The van der Waals surface area contributed by atoms with E-state index in [1.165, 1.54) is 5.56 Å². The lowest BCUT2D eigenvalue weighted by Crippen LogP contribution is -2.12. The minimum absolute atomic E-state index is 0.808. The molecule has 1 aromatic heterocycles. The average Bonchev–Trinajstić information content (AvgIpc) is 2.76. The number of hydrogen-bond donors (Lipinski definition) is 1. The molecule has 84 valence electrons. The maximum atomic E-state index is 6.05. The van der Waals surface area contributed by atoms with Gasteiger partial charge in [0.25, 0.3) is 0 Å². The highest BCUT2D eigenvalue weighted by atomic mass is 35.5. The molecule has 0 unspecified atom stereocenters. The van der Waals surface area contributed by atoms with Crippen molar-refractivity contribution in [1.82, 2.24) is 5.32 Å². The number of hydrogen-bond acceptors (Lipinski definition) is 2. The fraction of sp³-hybridized carbons (Fsp3) is 0.231. The Balaban J connectivity index is 1.87. The van der Waals surface area contributed by atoms with Gasteiger partial charge in [-0.3, -0.25) is 0 Å². The number of aryl methyl sites for hydroxylation is 1. The van der Waals surface area contributed by atoms with E-state index < -0.39 is 0 Å². The van der Waals surface area contributed by atoms with Crippen molar-refractivity contribution in [3.8, 4) is 0 Å². The molecule has 0 aliphatic carbocycles. The van der Waals surface area contributed by atoms with Crippen LogP contribution in [0.3, 0.4) is 0 Å². The number of benzene rings is 1. The Labute approximate surface area is 100 Å². The number of nitrogens with one attached hydrogen (secondary N) is 1. The van der Waals surface area contributed by atoms with Gasteiger partial charge in [0.15, 0.2) is 0 Å². The van der Waals surface area contributed by atoms with Gasteiger partial charge in [0.1, 0.15) is 0 Å². The van der Waals surface area contributed by atoms with Gasteiger partial charge in [0.2, 0.25) is 0 Å². The Morgan fingerprint density at radius 1 is 1.19 bits per heavy atom. The minimum atomic E-state index is 0.808. The number of furan rings is 1. The first-order valence-corrected chi connectivity index (χ1v) is 5.60. The monoisotopic (exact) mass is 235 g/mol. The van der Waals surface area contributed by atoms with E-state index in [1.54, 1.807) is 12.5 Å². The predicted molar refractivity (Wildman–Crippen MR) is 65.4 cm³/mol. The maximum absolute atomic E-state index is 6.05. The van der Waals surface area contributed by atoms with Crippen LogP contribution in [-0.2, 0) is 13.1 Å². The van der Waals surface area contributed by atoms with Crippen molar-refractivity contribution in [3.63, 3.8) is 0 Å². The van der Waals surface area contributed by atoms with Gasteiger partial charge in [-0.1, -0.05) is 23.7 Å². The molecule has 16 heavy (non-hydrogen) atoms. The zero-order valence-electron chi connectivity index (χ0n) is 9.16. The van der Waals surface area contributed by atoms with Gasteiger partial charge in [-0.05, 0) is 30.2 Å². The van der Waals surface area contributed by atoms with Crippen molar-refractivity contribution < 1.29 is 4.42 Å². The van der Waals surface area contributed by atoms with Crippen molar-refractivity contribution in [2.45, 2.75) is 20.0 Å². The average molecular weight is 236 g/mol. The first kappa shape index (κ1) is 11.2. The van der Waals surface area contributed by atoms with Crippen molar-refractivity contribution >= 4 is 11.6 Å². The summed E-state index contributed by atoms with van der Waals surface area (Å²) in [7, 11) is 0. The maximum Gasteiger partial charge on any atom is 0.0947 e. The van der Waals surface area contributed by atoms with Crippen LogP contribution in [0.2, 0.25) is 5.02 Å². The Hall–Kier alpha value is -1.25. The van der Waals surface area contributed by atoms with Crippen molar-refractivity contribution in [2.75, 3.05) is 0 Å². The third-order valence-electron chi connectivity index (χ3n) is 2.47. The molecule has 1 heterocycles. The van der Waals surface area contributed by atoms with E-state index in [-0.39, 0.29) is 0 Å². The van der Waals surface area contributed by atoms with Crippen LogP contribution in [0.4, 0.5) is 0 Å². The molecule has 0 aliphatic heterocycles. The summed E-state index contributed by atoms with van der Waals surface area (Å²) >= 11 is 6.05. The second-order valence-corrected chi connectivity index (χ2v) is 4.23.